The molecule has 0 amide bonds. The number of nitrogens with two attached hydrogens (primary N) is 1. The highest BCUT2D eigenvalue weighted by atomic mass is 16.6. The molecule has 0 aromatic heterocycles. The molecule has 2 N–H and O–H groups in total. The topological polar surface area (TPSA) is 52.3 Å². The highest BCUT2D eigenvalue weighted by molar-refractivity contribution is 5.75. The minimum atomic E-state index is -0.707. The van der Waals surface area contributed by atoms with Crippen LogP contribution in [0.3, 0.4) is 0 Å². The number of carbonyl (C=O) groups is 1. The lowest BCUT2D eigenvalue weighted by Gasteiger charge is -2.18. The summed E-state index contributed by atoms with van der Waals surface area (Å²) in [7, 11) is 0. The van der Waals surface area contributed by atoms with Crippen LogP contribution in [-0.4, -0.2) is 12.2 Å². The van der Waals surface area contributed by atoms with Gasteiger partial charge in [-0.2, -0.15) is 0 Å². The van der Waals surface area contributed by atoms with Gasteiger partial charge in [-0.3, -0.25) is 10.5 Å². The van der Waals surface area contributed by atoms with Crippen molar-refractivity contribution in [2.45, 2.75) is 27.0 Å². The second kappa shape index (κ2) is 5.64. The highest BCUT2D eigenvalue weighted by Crippen LogP contribution is 2.15. The van der Waals surface area contributed by atoms with Crippen molar-refractivity contribution in [1.82, 2.24) is 0 Å². The summed E-state index contributed by atoms with van der Waals surface area (Å²) in [6, 6.07) is 9.72. The van der Waals surface area contributed by atoms with Gasteiger partial charge < -0.3 is 4.74 Å². The van der Waals surface area contributed by atoms with Crippen LogP contribution in [0.15, 0.2) is 36.4 Å². The molecule has 0 saturated heterocycles. The van der Waals surface area contributed by atoms with E-state index in [1.165, 1.54) is 0 Å². The van der Waals surface area contributed by atoms with E-state index in [-0.39, 0.29) is 5.97 Å². The van der Waals surface area contributed by atoms with Crippen molar-refractivity contribution in [2.24, 2.45) is 11.1 Å². The molecule has 1 aromatic carbocycles. The fourth-order valence-electron chi connectivity index (χ4n) is 1.11. The zero-order valence-corrected chi connectivity index (χ0v) is 10.5. The first-order valence-electron chi connectivity index (χ1n) is 5.59. The number of carbonyl (C=O) groups excluding carboxylic acids is 1. The van der Waals surface area contributed by atoms with Gasteiger partial charge in [0.15, 0.2) is 6.23 Å². The van der Waals surface area contributed by atoms with Crippen molar-refractivity contribution < 1.29 is 9.53 Å². The van der Waals surface area contributed by atoms with Gasteiger partial charge in [-0.1, -0.05) is 36.4 Å². The summed E-state index contributed by atoms with van der Waals surface area (Å²) in [6.07, 6.45) is 2.79. The van der Waals surface area contributed by atoms with Crippen LogP contribution in [0.2, 0.25) is 0 Å². The molecule has 0 bridgehead atoms. The fraction of sp³-hybridized carbons (Fsp3) is 0.357. The van der Waals surface area contributed by atoms with E-state index < -0.39 is 11.6 Å². The molecule has 3 nitrogen and oxygen atoms in total. The van der Waals surface area contributed by atoms with Gasteiger partial charge >= 0.3 is 5.97 Å². The predicted octanol–water partition coefficient (Wildman–Crippen LogP) is 2.57. The second-order valence-corrected chi connectivity index (χ2v) is 4.89. The van der Waals surface area contributed by atoms with Crippen LogP contribution in [0.5, 0.6) is 0 Å². The van der Waals surface area contributed by atoms with E-state index >= 15 is 0 Å². The molecule has 0 radical (unpaired) electrons. The Hall–Kier alpha value is -1.61. The molecule has 0 aliphatic carbocycles. The standard InChI is InChI=1S/C14H19NO2/c1-14(2,3)13(16)17-12(15)10-9-11-7-5-4-6-8-11/h4-10,12H,15H2,1-3H3/b10-9-/t12-/m0/s1. The zero-order valence-electron chi connectivity index (χ0n) is 10.5. The Labute approximate surface area is 102 Å². The van der Waals surface area contributed by atoms with Crippen LogP contribution in [0.1, 0.15) is 26.3 Å². The number of esters is 1. The Kier molecular flexibility index (Phi) is 4.46. The van der Waals surface area contributed by atoms with Crippen molar-refractivity contribution in [3.8, 4) is 0 Å². The molecular formula is C14H19NO2. The summed E-state index contributed by atoms with van der Waals surface area (Å²) < 4.78 is 5.09. The SMILES string of the molecule is CC(C)(C)C(=O)O[C@H](N)/C=C\c1ccccc1. The third-order valence-electron chi connectivity index (χ3n) is 2.13. The van der Waals surface area contributed by atoms with Crippen molar-refractivity contribution in [3.05, 3.63) is 42.0 Å². The fourth-order valence-corrected chi connectivity index (χ4v) is 1.11. The van der Waals surface area contributed by atoms with Crippen molar-refractivity contribution in [2.75, 3.05) is 0 Å². The molecule has 0 fully saturated rings. The van der Waals surface area contributed by atoms with Gasteiger partial charge in [0, 0.05) is 0 Å². The quantitative estimate of drug-likeness (QED) is 0.645. The summed E-state index contributed by atoms with van der Waals surface area (Å²) in [5.41, 5.74) is 6.18. The lowest BCUT2D eigenvalue weighted by atomic mass is 9.97. The maximum absolute atomic E-state index is 11.6. The molecule has 0 heterocycles. The number of ether oxygens (including phenoxy) is 1. The second-order valence-electron chi connectivity index (χ2n) is 4.89. The maximum atomic E-state index is 11.6. The van der Waals surface area contributed by atoms with Crippen LogP contribution >= 0.6 is 0 Å². The van der Waals surface area contributed by atoms with E-state index in [0.717, 1.165) is 5.56 Å². The molecule has 0 aliphatic rings. The summed E-state index contributed by atoms with van der Waals surface area (Å²) in [5.74, 6) is -0.303. The van der Waals surface area contributed by atoms with Gasteiger partial charge in [-0.05, 0) is 32.4 Å². The Bertz CT molecular complexity index is 390. The molecule has 0 saturated carbocycles. The van der Waals surface area contributed by atoms with E-state index in [4.69, 9.17) is 10.5 Å². The number of rotatable bonds is 3. The zero-order chi connectivity index (χ0) is 12.9. The highest BCUT2D eigenvalue weighted by Gasteiger charge is 2.24. The van der Waals surface area contributed by atoms with Gasteiger partial charge in [0.1, 0.15) is 0 Å². The van der Waals surface area contributed by atoms with E-state index in [2.05, 4.69) is 0 Å². The normalized spacial score (nSPS) is 13.6. The molecular weight excluding hydrogens is 214 g/mol. The molecule has 1 atom stereocenters. The summed E-state index contributed by atoms with van der Waals surface area (Å²) in [6.45, 7) is 5.38. The number of hydrogen-bond donors (Lipinski definition) is 1. The Morgan fingerprint density at radius 3 is 2.41 bits per heavy atom. The van der Waals surface area contributed by atoms with Gasteiger partial charge in [0.25, 0.3) is 0 Å². The van der Waals surface area contributed by atoms with Crippen LogP contribution in [0, 0.1) is 5.41 Å². The van der Waals surface area contributed by atoms with Gasteiger partial charge in [0.05, 0.1) is 5.41 Å². The summed E-state index contributed by atoms with van der Waals surface area (Å²) in [5, 5.41) is 0. The average molecular weight is 233 g/mol. The first kappa shape index (κ1) is 13.5. The number of hydrogen-bond acceptors (Lipinski definition) is 3. The van der Waals surface area contributed by atoms with Crippen LogP contribution in [0.25, 0.3) is 6.08 Å². The van der Waals surface area contributed by atoms with Crippen LogP contribution in [-0.2, 0) is 9.53 Å². The number of benzene rings is 1. The van der Waals surface area contributed by atoms with E-state index in [1.807, 2.05) is 36.4 Å². The van der Waals surface area contributed by atoms with Crippen molar-refractivity contribution in [3.63, 3.8) is 0 Å². The first-order valence-corrected chi connectivity index (χ1v) is 5.59. The maximum Gasteiger partial charge on any atom is 0.313 e. The van der Waals surface area contributed by atoms with Gasteiger partial charge in [-0.25, -0.2) is 0 Å². The third-order valence-corrected chi connectivity index (χ3v) is 2.13. The third kappa shape index (κ3) is 4.83. The molecule has 0 aliphatic heterocycles. The molecule has 92 valence electrons. The molecule has 17 heavy (non-hydrogen) atoms. The Morgan fingerprint density at radius 1 is 1.29 bits per heavy atom. The minimum absolute atomic E-state index is 0.303. The summed E-state index contributed by atoms with van der Waals surface area (Å²) >= 11 is 0. The molecule has 1 aromatic rings. The minimum Gasteiger partial charge on any atom is -0.443 e. The van der Waals surface area contributed by atoms with E-state index in [9.17, 15) is 4.79 Å². The predicted molar refractivity (Wildman–Crippen MR) is 69.0 cm³/mol. The van der Waals surface area contributed by atoms with Crippen molar-refractivity contribution in [1.29, 1.82) is 0 Å². The van der Waals surface area contributed by atoms with E-state index in [1.54, 1.807) is 26.8 Å². The van der Waals surface area contributed by atoms with Gasteiger partial charge in [0.2, 0.25) is 0 Å². The van der Waals surface area contributed by atoms with Crippen LogP contribution < -0.4 is 5.73 Å². The first-order chi connectivity index (χ1) is 7.89. The lowest BCUT2D eigenvalue weighted by molar-refractivity contribution is -0.156. The Morgan fingerprint density at radius 2 is 1.88 bits per heavy atom. The van der Waals surface area contributed by atoms with Crippen LogP contribution in [0.4, 0.5) is 0 Å². The Balaban J connectivity index is 2.53. The van der Waals surface area contributed by atoms with Gasteiger partial charge in [-0.15, -0.1) is 0 Å². The molecule has 0 spiro atoms. The molecule has 0 unspecified atom stereocenters. The van der Waals surface area contributed by atoms with E-state index in [0.29, 0.717) is 0 Å². The lowest BCUT2D eigenvalue weighted by Crippen LogP contribution is -2.31. The average Bonchev–Trinajstić information content (AvgIpc) is 2.26. The largest absolute Gasteiger partial charge is 0.443 e. The molecule has 3 heteroatoms. The smallest absolute Gasteiger partial charge is 0.313 e. The summed E-state index contributed by atoms with van der Waals surface area (Å²) in [4.78, 5) is 11.6. The van der Waals surface area contributed by atoms with Crippen molar-refractivity contribution >= 4 is 12.0 Å². The monoisotopic (exact) mass is 233 g/mol. The molecule has 1 rings (SSSR count).